The number of ether oxygens (including phenoxy) is 2. The standard InChI is InChI=1S/C44H59N5O9/c1-27(2)39(31(7)50)49-43(55)40(28(3)4)48-38(52)23-22-37(51)36(24-32-18-20-35(21-19-32)57-25-33-14-10-8-11-15-33)47-42(54)29(5)45-41(53)30(6)46-44(56)58-26-34-16-12-9-13-17-34/h8-21,27-30,36-37,39-40,51H,22-26H2,1-7H3,(H,45,53)(H,46,56)(H,47,54)(H,48,52)(H,49,55). The monoisotopic (exact) mass is 801 g/mol. The van der Waals surface area contributed by atoms with Crippen molar-refractivity contribution in [2.24, 2.45) is 11.8 Å². The highest BCUT2D eigenvalue weighted by Gasteiger charge is 2.30. The molecule has 0 bridgehead atoms. The molecule has 14 heteroatoms. The van der Waals surface area contributed by atoms with Gasteiger partial charge in [0, 0.05) is 6.42 Å². The molecule has 0 saturated heterocycles. The highest BCUT2D eigenvalue weighted by molar-refractivity contribution is 5.92. The maximum absolute atomic E-state index is 13.5. The molecule has 3 rings (SSSR count). The zero-order chi connectivity index (χ0) is 42.8. The molecular weight excluding hydrogens is 743 g/mol. The molecule has 3 aromatic carbocycles. The number of carbonyl (C=O) groups is 6. The second-order valence-electron chi connectivity index (χ2n) is 15.1. The first-order valence-corrected chi connectivity index (χ1v) is 19.7. The lowest BCUT2D eigenvalue weighted by molar-refractivity contribution is -0.133. The molecule has 3 aromatic rings. The largest absolute Gasteiger partial charge is 0.489 e. The van der Waals surface area contributed by atoms with Crippen LogP contribution in [0.25, 0.3) is 0 Å². The van der Waals surface area contributed by atoms with E-state index in [2.05, 4.69) is 26.6 Å². The van der Waals surface area contributed by atoms with E-state index in [1.165, 1.54) is 20.8 Å². The van der Waals surface area contributed by atoms with E-state index in [9.17, 15) is 33.9 Å². The highest BCUT2D eigenvalue weighted by Crippen LogP contribution is 2.18. The molecule has 6 atom stereocenters. The smallest absolute Gasteiger partial charge is 0.408 e. The van der Waals surface area contributed by atoms with Crippen molar-refractivity contribution in [1.29, 1.82) is 0 Å². The first-order valence-electron chi connectivity index (χ1n) is 19.7. The Hall–Kier alpha value is -5.76. The zero-order valence-electron chi connectivity index (χ0n) is 34.5. The lowest BCUT2D eigenvalue weighted by atomic mass is 9.96. The van der Waals surface area contributed by atoms with E-state index in [0.717, 1.165) is 16.7 Å². The number of hydrogen-bond acceptors (Lipinski definition) is 9. The summed E-state index contributed by atoms with van der Waals surface area (Å²) >= 11 is 0. The molecule has 314 valence electrons. The van der Waals surface area contributed by atoms with Gasteiger partial charge in [-0.1, -0.05) is 100 Å². The number of nitrogens with one attached hydrogen (secondary N) is 5. The third kappa shape index (κ3) is 16.0. The van der Waals surface area contributed by atoms with Gasteiger partial charge in [-0.15, -0.1) is 0 Å². The van der Waals surface area contributed by atoms with Crippen molar-refractivity contribution in [2.45, 2.75) is 117 Å². The minimum Gasteiger partial charge on any atom is -0.489 e. The second kappa shape index (κ2) is 23.5. The second-order valence-corrected chi connectivity index (χ2v) is 15.1. The van der Waals surface area contributed by atoms with Crippen LogP contribution < -0.4 is 31.3 Å². The third-order valence-corrected chi connectivity index (χ3v) is 9.45. The maximum Gasteiger partial charge on any atom is 0.408 e. The number of ketones is 1. The lowest BCUT2D eigenvalue weighted by Gasteiger charge is -2.28. The van der Waals surface area contributed by atoms with E-state index in [0.29, 0.717) is 12.4 Å². The van der Waals surface area contributed by atoms with Crippen molar-refractivity contribution in [2.75, 3.05) is 0 Å². The Kier molecular flexibility index (Phi) is 18.9. The number of alkyl carbamates (subject to hydrolysis) is 1. The van der Waals surface area contributed by atoms with Gasteiger partial charge in [0.25, 0.3) is 0 Å². The van der Waals surface area contributed by atoms with Gasteiger partial charge in [0.05, 0.1) is 18.2 Å². The predicted octanol–water partition coefficient (Wildman–Crippen LogP) is 4.12. The minimum absolute atomic E-state index is 0.0160. The van der Waals surface area contributed by atoms with E-state index in [-0.39, 0.29) is 43.5 Å². The number of aliphatic hydroxyl groups is 1. The molecule has 0 aliphatic carbocycles. The Labute approximate surface area is 341 Å². The number of rotatable bonds is 22. The van der Waals surface area contributed by atoms with Crippen LogP contribution in [0, 0.1) is 11.8 Å². The molecule has 0 heterocycles. The molecule has 6 unspecified atom stereocenters. The van der Waals surface area contributed by atoms with Crippen molar-refractivity contribution in [1.82, 2.24) is 26.6 Å². The Morgan fingerprint density at radius 2 is 1.12 bits per heavy atom. The normalized spacial score (nSPS) is 14.2. The van der Waals surface area contributed by atoms with Crippen LogP contribution in [0.1, 0.15) is 78.0 Å². The molecule has 0 radical (unpaired) electrons. The quantitative estimate of drug-likeness (QED) is 0.0865. The maximum atomic E-state index is 13.5. The molecule has 0 fully saturated rings. The SMILES string of the molecule is CC(=O)C(NC(=O)C(NC(=O)CCC(O)C(Cc1ccc(OCc2ccccc2)cc1)NC(=O)C(C)NC(=O)C(C)NC(=O)OCc1ccccc1)C(C)C)C(C)C. The molecule has 0 spiro atoms. The highest BCUT2D eigenvalue weighted by atomic mass is 16.5. The van der Waals surface area contributed by atoms with Crippen LogP contribution in [0.4, 0.5) is 4.79 Å². The number of amides is 5. The molecule has 5 amide bonds. The molecule has 0 aromatic heterocycles. The van der Waals surface area contributed by atoms with Crippen molar-refractivity contribution in [3.05, 3.63) is 102 Å². The van der Waals surface area contributed by atoms with Crippen LogP contribution in [0.5, 0.6) is 5.75 Å². The summed E-state index contributed by atoms with van der Waals surface area (Å²) in [7, 11) is 0. The van der Waals surface area contributed by atoms with Crippen LogP contribution in [-0.2, 0) is 48.3 Å². The Morgan fingerprint density at radius 3 is 1.67 bits per heavy atom. The molecule has 0 aliphatic rings. The Bertz CT molecular complexity index is 1790. The van der Waals surface area contributed by atoms with Gasteiger partial charge in [0.1, 0.15) is 37.1 Å². The third-order valence-electron chi connectivity index (χ3n) is 9.45. The number of aliphatic hydroxyl groups excluding tert-OH is 1. The van der Waals surface area contributed by atoms with Gasteiger partial charge >= 0.3 is 6.09 Å². The summed E-state index contributed by atoms with van der Waals surface area (Å²) in [5.41, 5.74) is 2.54. The summed E-state index contributed by atoms with van der Waals surface area (Å²) in [4.78, 5) is 77.1. The molecular formula is C44H59N5O9. The first kappa shape index (κ1) is 46.6. The predicted molar refractivity (Wildman–Crippen MR) is 219 cm³/mol. The summed E-state index contributed by atoms with van der Waals surface area (Å²) in [6, 6.07) is 21.3. The number of carbonyl (C=O) groups excluding carboxylic acids is 6. The number of Topliss-reactive ketones (excluding diaryl/α,β-unsaturated/α-hetero) is 1. The summed E-state index contributed by atoms with van der Waals surface area (Å²) in [5, 5.41) is 24.7. The average molecular weight is 802 g/mol. The molecule has 0 aliphatic heterocycles. The fourth-order valence-electron chi connectivity index (χ4n) is 5.96. The zero-order valence-corrected chi connectivity index (χ0v) is 34.5. The fraction of sp³-hybridized carbons (Fsp3) is 0.455. The van der Waals surface area contributed by atoms with Crippen molar-refractivity contribution in [3.63, 3.8) is 0 Å². The fourth-order valence-corrected chi connectivity index (χ4v) is 5.96. The van der Waals surface area contributed by atoms with Gasteiger partial charge in [-0.25, -0.2) is 4.79 Å². The van der Waals surface area contributed by atoms with E-state index in [1.807, 2.05) is 74.5 Å². The summed E-state index contributed by atoms with van der Waals surface area (Å²) in [6.07, 6.45) is -2.11. The van der Waals surface area contributed by atoms with Crippen molar-refractivity contribution < 1.29 is 43.3 Å². The Balaban J connectivity index is 1.65. The van der Waals surface area contributed by atoms with Crippen LogP contribution >= 0.6 is 0 Å². The van der Waals surface area contributed by atoms with Gasteiger partial charge in [-0.05, 0) is 74.3 Å². The van der Waals surface area contributed by atoms with Crippen LogP contribution in [-0.4, -0.2) is 76.9 Å². The van der Waals surface area contributed by atoms with Crippen LogP contribution in [0.2, 0.25) is 0 Å². The van der Waals surface area contributed by atoms with E-state index >= 15 is 0 Å². The van der Waals surface area contributed by atoms with Crippen LogP contribution in [0.3, 0.4) is 0 Å². The van der Waals surface area contributed by atoms with Gasteiger partial charge in [-0.3, -0.25) is 24.0 Å². The van der Waals surface area contributed by atoms with Gasteiger partial charge in [-0.2, -0.15) is 0 Å². The van der Waals surface area contributed by atoms with Crippen LogP contribution in [0.15, 0.2) is 84.9 Å². The molecule has 0 saturated carbocycles. The summed E-state index contributed by atoms with van der Waals surface area (Å²) in [5.74, 6) is -2.22. The topological polar surface area (TPSA) is 201 Å². The van der Waals surface area contributed by atoms with E-state index in [4.69, 9.17) is 9.47 Å². The van der Waals surface area contributed by atoms with Crippen molar-refractivity contribution >= 4 is 35.5 Å². The summed E-state index contributed by atoms with van der Waals surface area (Å²) in [6.45, 7) is 11.9. The lowest BCUT2D eigenvalue weighted by Crippen LogP contribution is -2.55. The Morgan fingerprint density at radius 1 is 0.586 bits per heavy atom. The molecule has 6 N–H and O–H groups in total. The number of hydrogen-bond donors (Lipinski definition) is 6. The number of benzene rings is 3. The van der Waals surface area contributed by atoms with Crippen molar-refractivity contribution in [3.8, 4) is 5.75 Å². The van der Waals surface area contributed by atoms with E-state index < -0.39 is 66.0 Å². The van der Waals surface area contributed by atoms with Gasteiger partial charge < -0.3 is 41.2 Å². The average Bonchev–Trinajstić information content (AvgIpc) is 3.19. The molecule has 58 heavy (non-hydrogen) atoms. The first-order chi connectivity index (χ1) is 27.5. The van der Waals surface area contributed by atoms with Gasteiger partial charge in [0.2, 0.25) is 23.6 Å². The summed E-state index contributed by atoms with van der Waals surface area (Å²) < 4.78 is 11.1. The molecule has 14 nitrogen and oxygen atoms in total. The van der Waals surface area contributed by atoms with E-state index in [1.54, 1.807) is 38.1 Å². The van der Waals surface area contributed by atoms with Gasteiger partial charge in [0.15, 0.2) is 5.78 Å². The minimum atomic E-state index is -1.22.